The predicted molar refractivity (Wildman–Crippen MR) is 63.9 cm³/mol. The summed E-state index contributed by atoms with van der Waals surface area (Å²) >= 11 is 5.75. The van der Waals surface area contributed by atoms with Crippen molar-refractivity contribution in [3.05, 3.63) is 47.0 Å². The first kappa shape index (κ1) is 12.7. The number of hydrogen-bond acceptors (Lipinski definition) is 2. The maximum absolute atomic E-state index is 11.6. The number of hydrogen-bond donors (Lipinski definition) is 1. The van der Waals surface area contributed by atoms with Gasteiger partial charge in [-0.05, 0) is 24.6 Å². The summed E-state index contributed by atoms with van der Waals surface area (Å²) in [5, 5.41) is 9.74. The lowest BCUT2D eigenvalue weighted by Gasteiger charge is -2.20. The molecule has 4 heteroatoms. The van der Waals surface area contributed by atoms with Gasteiger partial charge in [0.15, 0.2) is 0 Å². The van der Waals surface area contributed by atoms with Gasteiger partial charge in [-0.25, -0.2) is 0 Å². The summed E-state index contributed by atoms with van der Waals surface area (Å²) in [6, 6.07) is 7.13. The summed E-state index contributed by atoms with van der Waals surface area (Å²) in [5.74, 6) is -0.252. The average Bonchev–Trinajstić information content (AvgIpc) is 2.27. The number of halogens is 1. The second-order valence-electron chi connectivity index (χ2n) is 3.55. The van der Waals surface area contributed by atoms with Crippen LogP contribution in [0.4, 0.5) is 0 Å². The Balaban J connectivity index is 2.74. The number of amides is 1. The maximum Gasteiger partial charge on any atom is 0.251 e. The SMILES string of the molecule is C=C(C)C(=O)N(CO)Cc1ccc(Cl)cc1. The number of rotatable bonds is 4. The molecule has 16 heavy (non-hydrogen) atoms. The monoisotopic (exact) mass is 239 g/mol. The molecule has 1 rings (SSSR count). The molecule has 1 N–H and O–H groups in total. The lowest BCUT2D eigenvalue weighted by atomic mass is 10.2. The van der Waals surface area contributed by atoms with E-state index < -0.39 is 0 Å². The van der Waals surface area contributed by atoms with Gasteiger partial charge < -0.3 is 10.0 Å². The van der Waals surface area contributed by atoms with E-state index in [-0.39, 0.29) is 12.6 Å². The molecule has 0 aliphatic rings. The molecule has 0 spiro atoms. The normalized spacial score (nSPS) is 9.94. The molecule has 3 nitrogen and oxygen atoms in total. The smallest absolute Gasteiger partial charge is 0.251 e. The molecule has 0 saturated heterocycles. The fourth-order valence-electron chi connectivity index (χ4n) is 1.27. The molecule has 1 aromatic rings. The topological polar surface area (TPSA) is 40.5 Å². The largest absolute Gasteiger partial charge is 0.376 e. The summed E-state index contributed by atoms with van der Waals surface area (Å²) in [5.41, 5.74) is 1.32. The number of carbonyl (C=O) groups is 1. The van der Waals surface area contributed by atoms with E-state index in [9.17, 15) is 4.79 Å². The molecule has 86 valence electrons. The molecular formula is C12H14ClNO2. The highest BCUT2D eigenvalue weighted by Crippen LogP contribution is 2.12. The van der Waals surface area contributed by atoms with Crippen molar-refractivity contribution >= 4 is 17.5 Å². The number of nitrogens with zero attached hydrogens (tertiary/aromatic N) is 1. The Hall–Kier alpha value is -1.32. The van der Waals surface area contributed by atoms with Gasteiger partial charge in [-0.3, -0.25) is 4.79 Å². The summed E-state index contributed by atoms with van der Waals surface area (Å²) in [6.45, 7) is 5.20. The first-order valence-corrected chi connectivity index (χ1v) is 5.22. The van der Waals surface area contributed by atoms with Crippen molar-refractivity contribution in [3.63, 3.8) is 0 Å². The van der Waals surface area contributed by atoms with Crippen LogP contribution in [0.2, 0.25) is 5.02 Å². The average molecular weight is 240 g/mol. The second kappa shape index (κ2) is 5.68. The van der Waals surface area contributed by atoms with Crippen LogP contribution in [0.5, 0.6) is 0 Å². The fourth-order valence-corrected chi connectivity index (χ4v) is 1.39. The first-order chi connectivity index (χ1) is 7.54. The van der Waals surface area contributed by atoms with Gasteiger partial charge in [0, 0.05) is 17.1 Å². The molecule has 0 saturated carbocycles. The Labute approximate surface area is 100.0 Å². The number of benzene rings is 1. The third kappa shape index (κ3) is 3.36. The summed E-state index contributed by atoms with van der Waals surface area (Å²) in [6.07, 6.45) is 0. The minimum absolute atomic E-state index is 0.252. The van der Waals surface area contributed by atoms with Crippen LogP contribution in [0, 0.1) is 0 Å². The van der Waals surface area contributed by atoms with E-state index in [4.69, 9.17) is 16.7 Å². The van der Waals surface area contributed by atoms with Gasteiger partial charge in [0.05, 0.1) is 0 Å². The highest BCUT2D eigenvalue weighted by molar-refractivity contribution is 6.30. The van der Waals surface area contributed by atoms with Crippen LogP contribution in [-0.2, 0) is 11.3 Å². The van der Waals surface area contributed by atoms with Crippen LogP contribution in [0.3, 0.4) is 0 Å². The maximum atomic E-state index is 11.6. The zero-order valence-corrected chi connectivity index (χ0v) is 9.87. The highest BCUT2D eigenvalue weighted by atomic mass is 35.5. The Morgan fingerprint density at radius 2 is 2.00 bits per heavy atom. The van der Waals surface area contributed by atoms with Crippen molar-refractivity contribution in [3.8, 4) is 0 Å². The zero-order valence-electron chi connectivity index (χ0n) is 9.11. The van der Waals surface area contributed by atoms with Crippen molar-refractivity contribution in [1.82, 2.24) is 4.90 Å². The van der Waals surface area contributed by atoms with Crippen LogP contribution in [0.15, 0.2) is 36.4 Å². The molecule has 0 aliphatic carbocycles. The molecule has 0 heterocycles. The Kier molecular flexibility index (Phi) is 4.52. The molecule has 0 aromatic heterocycles. The quantitative estimate of drug-likeness (QED) is 0.646. The predicted octanol–water partition coefficient (Wildman–Crippen LogP) is 2.19. The van der Waals surface area contributed by atoms with Crippen molar-refractivity contribution in [2.75, 3.05) is 6.73 Å². The zero-order chi connectivity index (χ0) is 12.1. The van der Waals surface area contributed by atoms with Crippen LogP contribution in [-0.4, -0.2) is 22.6 Å². The van der Waals surface area contributed by atoms with Crippen LogP contribution < -0.4 is 0 Å². The van der Waals surface area contributed by atoms with Crippen LogP contribution >= 0.6 is 11.6 Å². The van der Waals surface area contributed by atoms with Gasteiger partial charge in [-0.1, -0.05) is 30.3 Å². The Bertz CT molecular complexity index is 387. The van der Waals surface area contributed by atoms with Gasteiger partial charge in [0.2, 0.25) is 0 Å². The summed E-state index contributed by atoms with van der Waals surface area (Å²) in [4.78, 5) is 12.9. The molecule has 0 aliphatic heterocycles. The van der Waals surface area contributed by atoms with E-state index in [0.29, 0.717) is 17.1 Å². The number of carbonyl (C=O) groups excluding carboxylic acids is 1. The van der Waals surface area contributed by atoms with Crippen molar-refractivity contribution in [2.45, 2.75) is 13.5 Å². The van der Waals surface area contributed by atoms with Gasteiger partial charge in [0.25, 0.3) is 5.91 Å². The molecule has 1 aromatic carbocycles. The van der Waals surface area contributed by atoms with E-state index in [1.807, 2.05) is 12.1 Å². The van der Waals surface area contributed by atoms with Gasteiger partial charge in [-0.15, -0.1) is 0 Å². The highest BCUT2D eigenvalue weighted by Gasteiger charge is 2.12. The molecular weight excluding hydrogens is 226 g/mol. The first-order valence-electron chi connectivity index (χ1n) is 4.84. The van der Waals surface area contributed by atoms with Crippen molar-refractivity contribution < 1.29 is 9.90 Å². The van der Waals surface area contributed by atoms with Gasteiger partial charge >= 0.3 is 0 Å². The Morgan fingerprint density at radius 3 is 2.44 bits per heavy atom. The van der Waals surface area contributed by atoms with Crippen LogP contribution in [0.25, 0.3) is 0 Å². The minimum Gasteiger partial charge on any atom is -0.376 e. The molecule has 0 bridgehead atoms. The van der Waals surface area contributed by atoms with Gasteiger partial charge in [-0.2, -0.15) is 0 Å². The van der Waals surface area contributed by atoms with E-state index in [0.717, 1.165) is 5.56 Å². The van der Waals surface area contributed by atoms with Crippen LogP contribution in [0.1, 0.15) is 12.5 Å². The summed E-state index contributed by atoms with van der Waals surface area (Å²) < 4.78 is 0. The van der Waals surface area contributed by atoms with E-state index in [2.05, 4.69) is 6.58 Å². The van der Waals surface area contributed by atoms with Crippen molar-refractivity contribution in [2.24, 2.45) is 0 Å². The standard InChI is InChI=1S/C12H14ClNO2/c1-9(2)12(16)14(8-15)7-10-3-5-11(13)6-4-10/h3-6,15H,1,7-8H2,2H3. The van der Waals surface area contributed by atoms with E-state index in [1.165, 1.54) is 4.90 Å². The molecule has 1 amide bonds. The molecule has 0 radical (unpaired) electrons. The third-order valence-electron chi connectivity index (χ3n) is 2.11. The second-order valence-corrected chi connectivity index (χ2v) is 3.99. The molecule has 0 fully saturated rings. The number of aliphatic hydroxyl groups is 1. The molecule has 0 atom stereocenters. The van der Waals surface area contributed by atoms with Gasteiger partial charge in [0.1, 0.15) is 6.73 Å². The third-order valence-corrected chi connectivity index (χ3v) is 2.36. The van der Waals surface area contributed by atoms with E-state index >= 15 is 0 Å². The lowest BCUT2D eigenvalue weighted by Crippen LogP contribution is -2.31. The number of aliphatic hydroxyl groups excluding tert-OH is 1. The van der Waals surface area contributed by atoms with Crippen molar-refractivity contribution in [1.29, 1.82) is 0 Å². The fraction of sp³-hybridized carbons (Fsp3) is 0.250. The molecule has 0 unspecified atom stereocenters. The Morgan fingerprint density at radius 1 is 1.44 bits per heavy atom. The lowest BCUT2D eigenvalue weighted by molar-refractivity contribution is -0.131. The minimum atomic E-state index is -0.325. The van der Waals surface area contributed by atoms with E-state index in [1.54, 1.807) is 19.1 Å². The summed E-state index contributed by atoms with van der Waals surface area (Å²) in [7, 11) is 0.